The molecule has 2 N–H and O–H groups in total. The average molecular weight is 459 g/mol. The molecule has 0 spiro atoms. The van der Waals surface area contributed by atoms with Crippen molar-refractivity contribution in [3.05, 3.63) is 38.4 Å². The Morgan fingerprint density at radius 1 is 1.10 bits per heavy atom. The number of hydrogen-bond donors (Lipinski definition) is 2. The van der Waals surface area contributed by atoms with E-state index in [1.165, 1.54) is 18.3 Å². The maximum atomic E-state index is 13.0. The zero-order valence-corrected chi connectivity index (χ0v) is 17.8. The topological polar surface area (TPSA) is 132 Å². The molecule has 2 aromatic heterocycles. The molecule has 12 heteroatoms. The molecule has 2 aromatic rings. The predicted octanol–water partition coefficient (Wildman–Crippen LogP) is 1.59. The van der Waals surface area contributed by atoms with E-state index in [1.54, 1.807) is 4.90 Å². The number of rotatable bonds is 6. The fourth-order valence-electron chi connectivity index (χ4n) is 3.09. The molecule has 0 unspecified atom stereocenters. The average Bonchev–Trinajstić information content (AvgIpc) is 3.29. The van der Waals surface area contributed by atoms with Gasteiger partial charge in [-0.1, -0.05) is 6.07 Å². The van der Waals surface area contributed by atoms with Crippen LogP contribution in [0.4, 0.5) is 0 Å². The Labute approximate surface area is 174 Å². The molecule has 1 saturated heterocycles. The molecule has 0 saturated carbocycles. The van der Waals surface area contributed by atoms with Crippen molar-refractivity contribution in [2.24, 2.45) is 0 Å². The number of sulfonamides is 1. The maximum Gasteiger partial charge on any atom is 0.346 e. The van der Waals surface area contributed by atoms with Crippen molar-refractivity contribution in [2.45, 2.75) is 17.6 Å². The second-order valence-corrected chi connectivity index (χ2v) is 10.6. The van der Waals surface area contributed by atoms with Gasteiger partial charge in [0.05, 0.1) is 12.0 Å². The number of nitrogens with zero attached hydrogens (tertiary/aromatic N) is 2. The Kier molecular flexibility index (Phi) is 6.08. The minimum Gasteiger partial charge on any atom is -0.478 e. The van der Waals surface area contributed by atoms with Crippen LogP contribution in [-0.2, 0) is 21.2 Å². The molecular weight excluding hydrogens is 440 g/mol. The molecule has 1 amide bonds. The lowest BCUT2D eigenvalue weighted by atomic mass is 10.2. The second kappa shape index (κ2) is 8.22. The Balaban J connectivity index is 1.78. The first kappa shape index (κ1) is 21.4. The number of carboxylic acid groups (broad SMARTS) is 2. The van der Waals surface area contributed by atoms with E-state index in [2.05, 4.69) is 0 Å². The van der Waals surface area contributed by atoms with Gasteiger partial charge in [0.15, 0.2) is 4.21 Å². The molecule has 0 aliphatic carbocycles. The van der Waals surface area contributed by atoms with Gasteiger partial charge in [-0.2, -0.15) is 4.31 Å². The first-order chi connectivity index (χ1) is 13.6. The minimum absolute atomic E-state index is 0.0108. The third-order valence-corrected chi connectivity index (χ3v) is 9.14. The van der Waals surface area contributed by atoms with E-state index in [-0.39, 0.29) is 48.9 Å². The summed E-state index contributed by atoms with van der Waals surface area (Å²) in [6.07, 6.45) is 0.250. The molecule has 29 heavy (non-hydrogen) atoms. The Hall–Kier alpha value is -2.28. The minimum atomic E-state index is -4.20. The summed E-state index contributed by atoms with van der Waals surface area (Å²) in [5.74, 6) is -2.97. The molecule has 0 atom stereocenters. The molecule has 0 bridgehead atoms. The van der Waals surface area contributed by atoms with Gasteiger partial charge in [-0.25, -0.2) is 18.0 Å². The second-order valence-electron chi connectivity index (χ2n) is 6.37. The van der Waals surface area contributed by atoms with Crippen molar-refractivity contribution in [2.75, 3.05) is 26.2 Å². The number of amides is 1. The lowest BCUT2D eigenvalue weighted by Gasteiger charge is -2.33. The predicted molar refractivity (Wildman–Crippen MR) is 106 cm³/mol. The van der Waals surface area contributed by atoms with E-state index >= 15 is 0 Å². The summed E-state index contributed by atoms with van der Waals surface area (Å²) in [6, 6.07) is 3.71. The summed E-state index contributed by atoms with van der Waals surface area (Å²) in [6.45, 7) is 1.67. The summed E-state index contributed by atoms with van der Waals surface area (Å²) >= 11 is 1.92. The van der Waals surface area contributed by atoms with Crippen LogP contribution in [-0.4, -0.2) is 71.9 Å². The van der Waals surface area contributed by atoms with Gasteiger partial charge in [0, 0.05) is 31.1 Å². The van der Waals surface area contributed by atoms with Crippen molar-refractivity contribution in [1.82, 2.24) is 9.21 Å². The van der Waals surface area contributed by atoms with Gasteiger partial charge in [0.25, 0.3) is 10.0 Å². The van der Waals surface area contributed by atoms with E-state index in [0.717, 1.165) is 9.18 Å². The zero-order valence-electron chi connectivity index (χ0n) is 15.3. The molecule has 1 aliphatic rings. The number of thiophene rings is 2. The van der Waals surface area contributed by atoms with Crippen LogP contribution in [0, 0.1) is 6.92 Å². The first-order valence-corrected chi connectivity index (χ1v) is 11.7. The van der Waals surface area contributed by atoms with E-state index in [1.807, 2.05) is 17.5 Å². The number of carboxylic acids is 2. The quantitative estimate of drug-likeness (QED) is 0.672. The van der Waals surface area contributed by atoms with Crippen molar-refractivity contribution in [1.29, 1.82) is 0 Å². The van der Waals surface area contributed by atoms with Gasteiger partial charge in [0.2, 0.25) is 5.91 Å². The highest BCUT2D eigenvalue weighted by Gasteiger charge is 2.37. The summed E-state index contributed by atoms with van der Waals surface area (Å²) in [5, 5.41) is 20.5. The smallest absolute Gasteiger partial charge is 0.346 e. The normalized spacial score (nSPS) is 15.4. The standard InChI is InChI=1S/C17H18N2O7S3/c1-10-13(15(21)22)17(28-14(10)16(23)24)29(25,26)19-6-4-18(5-7-19)12(20)9-11-3-2-8-27-11/h2-3,8H,4-7,9H2,1H3,(H,21,22)(H,23,24). The number of aromatic carboxylic acids is 2. The van der Waals surface area contributed by atoms with Crippen molar-refractivity contribution >= 4 is 50.5 Å². The summed E-state index contributed by atoms with van der Waals surface area (Å²) in [5.41, 5.74) is -0.595. The van der Waals surface area contributed by atoms with E-state index in [0.29, 0.717) is 11.3 Å². The van der Waals surface area contributed by atoms with Crippen LogP contribution in [0.1, 0.15) is 30.5 Å². The third kappa shape index (κ3) is 4.20. The van der Waals surface area contributed by atoms with Gasteiger partial charge < -0.3 is 15.1 Å². The SMILES string of the molecule is Cc1c(C(=O)O)sc(S(=O)(=O)N2CCN(C(=O)Cc3cccs3)CC2)c1C(=O)O. The maximum absolute atomic E-state index is 13.0. The van der Waals surface area contributed by atoms with Crippen molar-refractivity contribution < 1.29 is 33.0 Å². The first-order valence-electron chi connectivity index (χ1n) is 8.53. The van der Waals surface area contributed by atoms with Gasteiger partial charge in [-0.15, -0.1) is 22.7 Å². The van der Waals surface area contributed by atoms with Crippen molar-refractivity contribution in [3.63, 3.8) is 0 Å². The molecular formula is C17H18N2O7S3. The number of carbonyl (C=O) groups excluding carboxylic acids is 1. The lowest BCUT2D eigenvalue weighted by Crippen LogP contribution is -2.50. The highest BCUT2D eigenvalue weighted by molar-refractivity contribution is 7.91. The Morgan fingerprint density at radius 3 is 2.28 bits per heavy atom. The Bertz CT molecular complexity index is 1050. The largest absolute Gasteiger partial charge is 0.478 e. The fraction of sp³-hybridized carbons (Fsp3) is 0.353. The fourth-order valence-corrected chi connectivity index (χ4v) is 7.02. The number of carbonyl (C=O) groups is 3. The van der Waals surface area contributed by atoms with Crippen LogP contribution in [0.2, 0.25) is 0 Å². The molecule has 9 nitrogen and oxygen atoms in total. The molecule has 156 valence electrons. The summed E-state index contributed by atoms with van der Waals surface area (Å²) in [4.78, 5) is 37.5. The monoisotopic (exact) mass is 458 g/mol. The van der Waals surface area contributed by atoms with Crippen LogP contribution in [0.15, 0.2) is 21.7 Å². The molecule has 1 aliphatic heterocycles. The van der Waals surface area contributed by atoms with Crippen LogP contribution in [0.5, 0.6) is 0 Å². The number of piperazine rings is 1. The van der Waals surface area contributed by atoms with Gasteiger partial charge in [-0.05, 0) is 23.9 Å². The van der Waals surface area contributed by atoms with Gasteiger partial charge in [0.1, 0.15) is 4.88 Å². The van der Waals surface area contributed by atoms with Crippen LogP contribution < -0.4 is 0 Å². The van der Waals surface area contributed by atoms with E-state index < -0.39 is 31.7 Å². The van der Waals surface area contributed by atoms with E-state index in [9.17, 15) is 33.0 Å². The van der Waals surface area contributed by atoms with Crippen LogP contribution in [0.25, 0.3) is 0 Å². The molecule has 1 fully saturated rings. The highest BCUT2D eigenvalue weighted by Crippen LogP contribution is 2.34. The molecule has 0 radical (unpaired) electrons. The van der Waals surface area contributed by atoms with E-state index in [4.69, 9.17) is 0 Å². The zero-order chi connectivity index (χ0) is 21.3. The highest BCUT2D eigenvalue weighted by atomic mass is 32.2. The summed E-state index contributed by atoms with van der Waals surface area (Å²) < 4.78 is 26.6. The Morgan fingerprint density at radius 2 is 1.76 bits per heavy atom. The molecule has 3 heterocycles. The summed E-state index contributed by atoms with van der Waals surface area (Å²) in [7, 11) is -4.20. The van der Waals surface area contributed by atoms with Crippen LogP contribution in [0.3, 0.4) is 0 Å². The van der Waals surface area contributed by atoms with Gasteiger partial charge in [-0.3, -0.25) is 4.79 Å². The lowest BCUT2D eigenvalue weighted by molar-refractivity contribution is -0.131. The number of hydrogen-bond acceptors (Lipinski definition) is 7. The van der Waals surface area contributed by atoms with Crippen LogP contribution >= 0.6 is 22.7 Å². The molecule has 3 rings (SSSR count). The third-order valence-electron chi connectivity index (χ3n) is 4.59. The molecule has 0 aromatic carbocycles. The van der Waals surface area contributed by atoms with Crippen molar-refractivity contribution in [3.8, 4) is 0 Å². The van der Waals surface area contributed by atoms with Gasteiger partial charge >= 0.3 is 11.9 Å².